The van der Waals surface area contributed by atoms with Crippen LogP contribution in [0.15, 0.2) is 47.4 Å². The summed E-state index contributed by atoms with van der Waals surface area (Å²) in [5.74, 6) is -0.245. The van der Waals surface area contributed by atoms with E-state index >= 15 is 0 Å². The highest BCUT2D eigenvalue weighted by molar-refractivity contribution is 7.89. The Labute approximate surface area is 147 Å². The Morgan fingerprint density at radius 1 is 1.08 bits per heavy atom. The first-order valence-electron chi connectivity index (χ1n) is 7.70. The molecule has 130 valence electrons. The third-order valence-corrected chi connectivity index (χ3v) is 5.49. The van der Waals surface area contributed by atoms with E-state index in [1.807, 2.05) is 43.3 Å². The van der Waals surface area contributed by atoms with Crippen molar-refractivity contribution in [3.05, 3.63) is 53.6 Å². The average molecular weight is 357 g/mol. The summed E-state index contributed by atoms with van der Waals surface area (Å²) in [7, 11) is 1.70. The molecular formula is C18H19N3O3S. The summed E-state index contributed by atoms with van der Waals surface area (Å²) in [6.45, 7) is 0. The molecule has 3 rings (SSSR count). The standard InChI is InChI=1S/C18H19N3O3S/c1-19-25(23,24)14-8-9-17-15(11-14)16(18(22)20-17)10-12-4-6-13(7-5-12)21(2)3/h4-11,19H,1-3H3,(H,20,22). The normalized spacial score (nSPS) is 15.2. The van der Waals surface area contributed by atoms with Crippen LogP contribution >= 0.6 is 0 Å². The zero-order valence-electron chi connectivity index (χ0n) is 14.2. The van der Waals surface area contributed by atoms with Gasteiger partial charge in [-0.25, -0.2) is 13.1 Å². The van der Waals surface area contributed by atoms with Crippen LogP contribution in [0.1, 0.15) is 11.1 Å². The molecule has 1 aliphatic rings. The Balaban J connectivity index is 2.04. The SMILES string of the molecule is CNS(=O)(=O)c1ccc2c(c1)C(=Cc1ccc(N(C)C)cc1)C(=O)N2. The predicted octanol–water partition coefficient (Wildman–Crippen LogP) is 2.15. The molecule has 1 aliphatic heterocycles. The van der Waals surface area contributed by atoms with Gasteiger partial charge in [-0.15, -0.1) is 0 Å². The molecule has 0 radical (unpaired) electrons. The van der Waals surface area contributed by atoms with Gasteiger partial charge in [-0.3, -0.25) is 4.79 Å². The van der Waals surface area contributed by atoms with Gasteiger partial charge in [-0.2, -0.15) is 0 Å². The van der Waals surface area contributed by atoms with E-state index in [9.17, 15) is 13.2 Å². The Hall–Kier alpha value is -2.64. The summed E-state index contributed by atoms with van der Waals surface area (Å²) in [4.78, 5) is 14.4. The van der Waals surface area contributed by atoms with E-state index in [1.165, 1.54) is 19.2 Å². The first-order valence-corrected chi connectivity index (χ1v) is 9.18. The van der Waals surface area contributed by atoms with Crippen molar-refractivity contribution in [2.24, 2.45) is 0 Å². The molecule has 0 aliphatic carbocycles. The molecule has 0 unspecified atom stereocenters. The molecule has 1 heterocycles. The van der Waals surface area contributed by atoms with Crippen LogP contribution in [0, 0.1) is 0 Å². The molecule has 0 fully saturated rings. The zero-order chi connectivity index (χ0) is 18.2. The average Bonchev–Trinajstić information content (AvgIpc) is 2.90. The van der Waals surface area contributed by atoms with Gasteiger partial charge in [0, 0.05) is 36.6 Å². The van der Waals surface area contributed by atoms with Crippen LogP contribution in [0.5, 0.6) is 0 Å². The van der Waals surface area contributed by atoms with Crippen LogP contribution in [0.3, 0.4) is 0 Å². The molecule has 7 heteroatoms. The number of rotatable bonds is 4. The van der Waals surface area contributed by atoms with Gasteiger partial charge in [0.2, 0.25) is 10.0 Å². The molecule has 6 nitrogen and oxygen atoms in total. The lowest BCUT2D eigenvalue weighted by molar-refractivity contribution is -0.110. The number of hydrogen-bond acceptors (Lipinski definition) is 4. The van der Waals surface area contributed by atoms with Gasteiger partial charge in [0.1, 0.15) is 0 Å². The zero-order valence-corrected chi connectivity index (χ0v) is 15.0. The number of fused-ring (bicyclic) bond motifs is 1. The molecular weight excluding hydrogens is 338 g/mol. The molecule has 2 aromatic carbocycles. The lowest BCUT2D eigenvalue weighted by atomic mass is 10.0. The molecule has 0 bridgehead atoms. The highest BCUT2D eigenvalue weighted by Crippen LogP contribution is 2.34. The number of anilines is 2. The van der Waals surface area contributed by atoms with Gasteiger partial charge in [-0.05, 0) is 49.0 Å². The second-order valence-corrected chi connectivity index (χ2v) is 7.80. The minimum atomic E-state index is -3.57. The molecule has 2 aromatic rings. The van der Waals surface area contributed by atoms with E-state index in [1.54, 1.807) is 12.1 Å². The van der Waals surface area contributed by atoms with Crippen LogP contribution in [0.25, 0.3) is 11.6 Å². The smallest absolute Gasteiger partial charge is 0.256 e. The third kappa shape index (κ3) is 3.29. The Kier molecular flexibility index (Phi) is 4.36. The lowest BCUT2D eigenvalue weighted by Gasteiger charge is -2.12. The van der Waals surface area contributed by atoms with Gasteiger partial charge >= 0.3 is 0 Å². The minimum Gasteiger partial charge on any atom is -0.378 e. The highest BCUT2D eigenvalue weighted by atomic mass is 32.2. The number of sulfonamides is 1. The summed E-state index contributed by atoms with van der Waals surface area (Å²) >= 11 is 0. The maximum Gasteiger partial charge on any atom is 0.256 e. The summed E-state index contributed by atoms with van der Waals surface area (Å²) in [6.07, 6.45) is 1.76. The number of amides is 1. The topological polar surface area (TPSA) is 78.5 Å². The molecule has 0 saturated carbocycles. The van der Waals surface area contributed by atoms with Crippen LogP contribution in [-0.2, 0) is 14.8 Å². The first-order chi connectivity index (χ1) is 11.8. The Bertz CT molecular complexity index is 962. The van der Waals surface area contributed by atoms with Crippen LogP contribution in [0.4, 0.5) is 11.4 Å². The fraction of sp³-hybridized carbons (Fsp3) is 0.167. The van der Waals surface area contributed by atoms with Crippen molar-refractivity contribution in [3.63, 3.8) is 0 Å². The van der Waals surface area contributed by atoms with E-state index in [2.05, 4.69) is 10.0 Å². The second kappa shape index (κ2) is 6.34. The van der Waals surface area contributed by atoms with Gasteiger partial charge < -0.3 is 10.2 Å². The van der Waals surface area contributed by atoms with Crippen molar-refractivity contribution in [1.82, 2.24) is 4.72 Å². The number of carbonyl (C=O) groups is 1. The molecule has 0 aromatic heterocycles. The van der Waals surface area contributed by atoms with Crippen LogP contribution < -0.4 is 14.9 Å². The molecule has 1 amide bonds. The number of carbonyl (C=O) groups excluding carboxylic acids is 1. The van der Waals surface area contributed by atoms with Gasteiger partial charge in [0.25, 0.3) is 5.91 Å². The molecule has 25 heavy (non-hydrogen) atoms. The fourth-order valence-corrected chi connectivity index (χ4v) is 3.39. The number of nitrogens with zero attached hydrogens (tertiary/aromatic N) is 1. The molecule has 0 spiro atoms. The third-order valence-electron chi connectivity index (χ3n) is 4.07. The van der Waals surface area contributed by atoms with E-state index in [4.69, 9.17) is 0 Å². The predicted molar refractivity (Wildman–Crippen MR) is 100.0 cm³/mol. The van der Waals surface area contributed by atoms with Gasteiger partial charge in [0.05, 0.1) is 4.90 Å². The summed E-state index contributed by atoms with van der Waals surface area (Å²) < 4.78 is 26.3. The van der Waals surface area contributed by atoms with Crippen LogP contribution in [-0.4, -0.2) is 35.5 Å². The van der Waals surface area contributed by atoms with Crippen LogP contribution in [0.2, 0.25) is 0 Å². The monoisotopic (exact) mass is 357 g/mol. The summed E-state index contributed by atoms with van der Waals surface area (Å²) in [5.41, 5.74) is 3.56. The highest BCUT2D eigenvalue weighted by Gasteiger charge is 2.26. The van der Waals surface area contributed by atoms with Crippen molar-refractivity contribution in [3.8, 4) is 0 Å². The molecule has 0 saturated heterocycles. The van der Waals surface area contributed by atoms with Crippen molar-refractivity contribution >= 4 is 39.0 Å². The first kappa shape index (κ1) is 17.2. The van der Waals surface area contributed by atoms with Crippen molar-refractivity contribution in [2.45, 2.75) is 4.90 Å². The van der Waals surface area contributed by atoms with Crippen molar-refractivity contribution < 1.29 is 13.2 Å². The fourth-order valence-electron chi connectivity index (χ4n) is 2.63. The largest absolute Gasteiger partial charge is 0.378 e. The minimum absolute atomic E-state index is 0.124. The van der Waals surface area contributed by atoms with Crippen molar-refractivity contribution in [2.75, 3.05) is 31.4 Å². The van der Waals surface area contributed by atoms with E-state index in [0.717, 1.165) is 11.3 Å². The Morgan fingerprint density at radius 2 is 1.76 bits per heavy atom. The van der Waals surface area contributed by atoms with E-state index in [-0.39, 0.29) is 10.8 Å². The van der Waals surface area contributed by atoms with Gasteiger partial charge in [-0.1, -0.05) is 12.1 Å². The maximum absolute atomic E-state index is 12.3. The van der Waals surface area contributed by atoms with Crippen molar-refractivity contribution in [1.29, 1.82) is 0 Å². The maximum atomic E-state index is 12.3. The quantitative estimate of drug-likeness (QED) is 0.822. The molecule has 2 N–H and O–H groups in total. The van der Waals surface area contributed by atoms with Gasteiger partial charge in [0.15, 0.2) is 0 Å². The summed E-state index contributed by atoms with van der Waals surface area (Å²) in [6, 6.07) is 12.3. The van der Waals surface area contributed by atoms with E-state index < -0.39 is 10.0 Å². The number of nitrogens with one attached hydrogen (secondary N) is 2. The molecule has 0 atom stereocenters. The summed E-state index contributed by atoms with van der Waals surface area (Å²) in [5, 5.41) is 2.76. The Morgan fingerprint density at radius 3 is 2.36 bits per heavy atom. The lowest BCUT2D eigenvalue weighted by Crippen LogP contribution is -2.18. The number of benzene rings is 2. The second-order valence-electron chi connectivity index (χ2n) is 5.91. The number of hydrogen-bond donors (Lipinski definition) is 2. The van der Waals surface area contributed by atoms with E-state index in [0.29, 0.717) is 16.8 Å².